The fourth-order valence-corrected chi connectivity index (χ4v) is 3.81. The van der Waals surface area contributed by atoms with Gasteiger partial charge in [-0.1, -0.05) is 28.1 Å². The van der Waals surface area contributed by atoms with E-state index in [-0.39, 0.29) is 11.3 Å². The highest BCUT2D eigenvalue weighted by molar-refractivity contribution is 9.10. The summed E-state index contributed by atoms with van der Waals surface area (Å²) in [6, 6.07) is 12.1. The van der Waals surface area contributed by atoms with E-state index in [1.807, 2.05) is 35.9 Å². The predicted molar refractivity (Wildman–Crippen MR) is 108 cm³/mol. The maximum absolute atomic E-state index is 12.5. The number of hydrogen-bond donors (Lipinski definition) is 1. The van der Waals surface area contributed by atoms with E-state index >= 15 is 0 Å². The van der Waals surface area contributed by atoms with Crippen LogP contribution in [0, 0.1) is 10.1 Å². The molecule has 1 aromatic heterocycles. The molecule has 2 aromatic carbocycles. The Labute approximate surface area is 165 Å². The maximum atomic E-state index is 12.5. The number of halogens is 1. The van der Waals surface area contributed by atoms with Crippen molar-refractivity contribution < 1.29 is 9.72 Å². The lowest BCUT2D eigenvalue weighted by Crippen LogP contribution is -2.14. The Hall–Kier alpha value is -2.23. The van der Waals surface area contributed by atoms with Crippen molar-refractivity contribution in [1.29, 1.82) is 0 Å². The van der Waals surface area contributed by atoms with Crippen molar-refractivity contribution in [3.8, 4) is 11.3 Å². The van der Waals surface area contributed by atoms with Crippen LogP contribution in [0.4, 0.5) is 10.8 Å². The molecule has 0 aliphatic carbocycles. The molecule has 3 aromatic rings. The van der Waals surface area contributed by atoms with Gasteiger partial charge in [0.1, 0.15) is 5.56 Å². The SMILES string of the molecule is CSc1ccc([N+](=O)[O-])c(C(=O)Nc2nc(-c3cccc(Br)c3)cs2)c1. The number of nitro benzene ring substituents is 1. The fraction of sp³-hybridized carbons (Fsp3) is 0.0588. The fourth-order valence-electron chi connectivity index (χ4n) is 2.26. The van der Waals surface area contributed by atoms with Crippen LogP contribution in [0.2, 0.25) is 0 Å². The first-order valence-electron chi connectivity index (χ1n) is 7.33. The standard InChI is InChI=1S/C17H12BrN3O3S2/c1-25-12-5-6-15(21(23)24)13(8-12)16(22)20-17-19-14(9-26-17)10-3-2-4-11(18)7-10/h2-9H,1H3,(H,19,20,22). The van der Waals surface area contributed by atoms with Crippen molar-refractivity contribution in [1.82, 2.24) is 4.98 Å². The van der Waals surface area contributed by atoms with Crippen LogP contribution in [0.3, 0.4) is 0 Å². The van der Waals surface area contributed by atoms with Crippen molar-refractivity contribution in [2.75, 3.05) is 11.6 Å². The van der Waals surface area contributed by atoms with Gasteiger partial charge in [0.05, 0.1) is 10.6 Å². The second kappa shape index (κ2) is 7.98. The smallest absolute Gasteiger partial charge is 0.282 e. The van der Waals surface area contributed by atoms with Gasteiger partial charge in [0.2, 0.25) is 0 Å². The third-order valence-electron chi connectivity index (χ3n) is 3.49. The molecule has 0 radical (unpaired) electrons. The minimum atomic E-state index is -0.562. The molecule has 0 aliphatic heterocycles. The lowest BCUT2D eigenvalue weighted by atomic mass is 10.1. The normalized spacial score (nSPS) is 10.5. The topological polar surface area (TPSA) is 85.1 Å². The number of rotatable bonds is 5. The van der Waals surface area contributed by atoms with Crippen molar-refractivity contribution in [2.24, 2.45) is 0 Å². The summed E-state index contributed by atoms with van der Waals surface area (Å²) in [5.41, 5.74) is 1.41. The van der Waals surface area contributed by atoms with Crippen LogP contribution in [-0.4, -0.2) is 22.1 Å². The maximum Gasteiger partial charge on any atom is 0.282 e. The average molecular weight is 450 g/mol. The summed E-state index contributed by atoms with van der Waals surface area (Å²) in [5, 5.41) is 16.1. The zero-order chi connectivity index (χ0) is 18.7. The van der Waals surface area contributed by atoms with Gasteiger partial charge < -0.3 is 0 Å². The van der Waals surface area contributed by atoms with Crippen molar-refractivity contribution in [3.63, 3.8) is 0 Å². The largest absolute Gasteiger partial charge is 0.298 e. The summed E-state index contributed by atoms with van der Waals surface area (Å²) in [6.07, 6.45) is 1.84. The number of thioether (sulfide) groups is 1. The Morgan fingerprint density at radius 3 is 2.81 bits per heavy atom. The van der Waals surface area contributed by atoms with Crippen LogP contribution >= 0.6 is 39.0 Å². The summed E-state index contributed by atoms with van der Waals surface area (Å²) in [4.78, 5) is 28.3. The molecule has 132 valence electrons. The Morgan fingerprint density at radius 1 is 1.31 bits per heavy atom. The molecule has 0 unspecified atom stereocenters. The molecule has 0 bridgehead atoms. The van der Waals surface area contributed by atoms with Gasteiger partial charge in [-0.05, 0) is 30.5 Å². The van der Waals surface area contributed by atoms with Crippen LogP contribution in [0.25, 0.3) is 11.3 Å². The molecule has 1 amide bonds. The summed E-state index contributed by atoms with van der Waals surface area (Å²) >= 11 is 6.09. The van der Waals surface area contributed by atoms with Gasteiger partial charge in [0.25, 0.3) is 11.6 Å². The molecule has 0 saturated heterocycles. The first-order chi connectivity index (χ1) is 12.5. The molecule has 6 nitrogen and oxygen atoms in total. The van der Waals surface area contributed by atoms with Crippen LogP contribution in [0.1, 0.15) is 10.4 Å². The average Bonchev–Trinajstić information content (AvgIpc) is 3.09. The van der Waals surface area contributed by atoms with Crippen LogP contribution in [0.5, 0.6) is 0 Å². The molecule has 1 heterocycles. The number of hydrogen-bond acceptors (Lipinski definition) is 6. The van der Waals surface area contributed by atoms with E-state index in [9.17, 15) is 14.9 Å². The lowest BCUT2D eigenvalue weighted by molar-refractivity contribution is -0.385. The van der Waals surface area contributed by atoms with Gasteiger partial charge in [-0.3, -0.25) is 20.2 Å². The first-order valence-corrected chi connectivity index (χ1v) is 10.2. The van der Waals surface area contributed by atoms with Crippen LogP contribution < -0.4 is 5.32 Å². The van der Waals surface area contributed by atoms with Gasteiger partial charge in [-0.25, -0.2) is 4.98 Å². The Morgan fingerprint density at radius 2 is 2.12 bits per heavy atom. The van der Waals surface area contributed by atoms with E-state index in [1.54, 1.807) is 6.07 Å². The van der Waals surface area contributed by atoms with Crippen LogP contribution in [0.15, 0.2) is 57.2 Å². The van der Waals surface area contributed by atoms with E-state index in [1.165, 1.54) is 35.2 Å². The van der Waals surface area contributed by atoms with E-state index in [2.05, 4.69) is 26.2 Å². The summed E-state index contributed by atoms with van der Waals surface area (Å²) < 4.78 is 0.929. The number of aromatic nitrogens is 1. The molecule has 3 rings (SSSR count). The number of anilines is 1. The quantitative estimate of drug-likeness (QED) is 0.317. The van der Waals surface area contributed by atoms with Crippen LogP contribution in [-0.2, 0) is 0 Å². The highest BCUT2D eigenvalue weighted by atomic mass is 79.9. The van der Waals surface area contributed by atoms with Crippen molar-refractivity contribution in [2.45, 2.75) is 4.90 Å². The Kier molecular flexibility index (Phi) is 5.70. The number of nitrogens with zero attached hydrogens (tertiary/aromatic N) is 2. The van der Waals surface area contributed by atoms with Gasteiger partial charge in [0.15, 0.2) is 5.13 Å². The third kappa shape index (κ3) is 4.12. The number of nitro groups is 1. The second-order valence-corrected chi connectivity index (χ2v) is 7.80. The zero-order valence-electron chi connectivity index (χ0n) is 13.4. The van der Waals surface area contributed by atoms with E-state index in [0.29, 0.717) is 5.13 Å². The predicted octanol–water partition coefficient (Wildman–Crippen LogP) is 5.46. The first kappa shape index (κ1) is 18.6. The monoisotopic (exact) mass is 449 g/mol. The third-order valence-corrected chi connectivity index (χ3v) is 5.47. The minimum Gasteiger partial charge on any atom is -0.298 e. The van der Waals surface area contributed by atoms with Gasteiger partial charge >= 0.3 is 0 Å². The lowest BCUT2D eigenvalue weighted by Gasteiger charge is -2.05. The molecule has 0 aliphatic rings. The second-order valence-electron chi connectivity index (χ2n) is 5.14. The zero-order valence-corrected chi connectivity index (χ0v) is 16.7. The minimum absolute atomic E-state index is 0.0149. The summed E-state index contributed by atoms with van der Waals surface area (Å²) in [5.74, 6) is -0.553. The number of benzene rings is 2. The Balaban J connectivity index is 1.86. The van der Waals surface area contributed by atoms with Crippen molar-refractivity contribution in [3.05, 3.63) is 68.0 Å². The molecule has 0 fully saturated rings. The van der Waals surface area contributed by atoms with Gasteiger partial charge in [0, 0.05) is 26.4 Å². The van der Waals surface area contributed by atoms with E-state index in [4.69, 9.17) is 0 Å². The number of thiazole rings is 1. The summed E-state index contributed by atoms with van der Waals surface area (Å²) in [6.45, 7) is 0. The molecule has 0 spiro atoms. The molecule has 26 heavy (non-hydrogen) atoms. The summed E-state index contributed by atoms with van der Waals surface area (Å²) in [7, 11) is 0. The van der Waals surface area contributed by atoms with E-state index < -0.39 is 10.8 Å². The van der Waals surface area contributed by atoms with Gasteiger partial charge in [-0.15, -0.1) is 23.1 Å². The van der Waals surface area contributed by atoms with Crippen molar-refractivity contribution >= 4 is 55.8 Å². The molecular weight excluding hydrogens is 438 g/mol. The van der Waals surface area contributed by atoms with E-state index in [0.717, 1.165) is 20.6 Å². The molecule has 0 atom stereocenters. The Bertz CT molecular complexity index is 991. The number of carbonyl (C=O) groups excluding carboxylic acids is 1. The number of carbonyl (C=O) groups is 1. The number of amides is 1. The molecule has 9 heteroatoms. The highest BCUT2D eigenvalue weighted by Gasteiger charge is 2.21. The molecular formula is C17H12BrN3O3S2. The highest BCUT2D eigenvalue weighted by Crippen LogP contribution is 2.29. The number of nitrogens with one attached hydrogen (secondary N) is 1. The van der Waals surface area contributed by atoms with Gasteiger partial charge in [-0.2, -0.15) is 0 Å². The molecule has 0 saturated carbocycles. The molecule has 1 N–H and O–H groups in total.